The third-order valence-corrected chi connectivity index (χ3v) is 2.46. The van der Waals surface area contributed by atoms with Crippen LogP contribution in [0, 0.1) is 5.82 Å². The Balaban J connectivity index is 0.00000289. The topological polar surface area (TPSA) is 55.6 Å². The molecule has 0 aliphatic carbocycles. The number of hydrogen-bond donors (Lipinski definition) is 1. The molecule has 0 bridgehead atoms. The van der Waals surface area contributed by atoms with Gasteiger partial charge in [-0.25, -0.2) is 4.39 Å². The number of methoxy groups -OCH3 is 1. The molecule has 1 aromatic carbocycles. The van der Waals surface area contributed by atoms with Gasteiger partial charge >= 0.3 is 0 Å². The highest BCUT2D eigenvalue weighted by Gasteiger charge is 2.20. The first-order valence-electron chi connectivity index (χ1n) is 5.30. The van der Waals surface area contributed by atoms with Gasteiger partial charge in [0.25, 0.3) is 5.91 Å². The number of carbonyl (C=O) groups is 1. The van der Waals surface area contributed by atoms with Crippen molar-refractivity contribution in [2.24, 2.45) is 5.73 Å². The van der Waals surface area contributed by atoms with Crippen LogP contribution in [0.1, 0.15) is 5.56 Å². The van der Waals surface area contributed by atoms with Gasteiger partial charge in [-0.3, -0.25) is 4.79 Å². The molecule has 0 radical (unpaired) electrons. The van der Waals surface area contributed by atoms with Gasteiger partial charge < -0.3 is 15.4 Å². The van der Waals surface area contributed by atoms with Gasteiger partial charge in [0.1, 0.15) is 11.9 Å². The van der Waals surface area contributed by atoms with E-state index in [4.69, 9.17) is 10.5 Å². The van der Waals surface area contributed by atoms with Crippen molar-refractivity contribution in [3.05, 3.63) is 35.6 Å². The Hall–Kier alpha value is -1.17. The molecule has 0 spiro atoms. The smallest absolute Gasteiger partial charge is 0.253 e. The Morgan fingerprint density at radius 2 is 2.22 bits per heavy atom. The van der Waals surface area contributed by atoms with E-state index in [0.717, 1.165) is 5.56 Å². The molecule has 102 valence electrons. The lowest BCUT2D eigenvalue weighted by Gasteiger charge is -2.22. The average Bonchev–Trinajstić information content (AvgIpc) is 2.30. The lowest BCUT2D eigenvalue weighted by molar-refractivity contribution is -0.140. The van der Waals surface area contributed by atoms with Gasteiger partial charge in [-0.2, -0.15) is 0 Å². The summed E-state index contributed by atoms with van der Waals surface area (Å²) in [6, 6.07) is 6.13. The van der Waals surface area contributed by atoms with Crippen LogP contribution in [0.2, 0.25) is 0 Å². The minimum absolute atomic E-state index is 0. The maximum Gasteiger partial charge on any atom is 0.253 e. The van der Waals surface area contributed by atoms with Gasteiger partial charge in [0.2, 0.25) is 0 Å². The van der Waals surface area contributed by atoms with Crippen LogP contribution >= 0.6 is 12.4 Å². The first-order valence-corrected chi connectivity index (χ1v) is 5.30. The highest BCUT2D eigenvalue weighted by Crippen LogP contribution is 2.07. The van der Waals surface area contributed by atoms with Crippen LogP contribution in [0.5, 0.6) is 0 Å². The zero-order valence-corrected chi connectivity index (χ0v) is 11.2. The SMILES string of the molecule is COC(CN)C(=O)N(C)Cc1cccc(F)c1.Cl. The van der Waals surface area contributed by atoms with Crippen molar-refractivity contribution < 1.29 is 13.9 Å². The third-order valence-electron chi connectivity index (χ3n) is 2.46. The summed E-state index contributed by atoms with van der Waals surface area (Å²) in [5, 5.41) is 0. The number of amides is 1. The second kappa shape index (κ2) is 8.02. The molecule has 0 aromatic heterocycles. The summed E-state index contributed by atoms with van der Waals surface area (Å²) in [6.07, 6.45) is -0.645. The quantitative estimate of drug-likeness (QED) is 0.879. The van der Waals surface area contributed by atoms with Gasteiger partial charge in [0.05, 0.1) is 0 Å². The number of hydrogen-bond acceptors (Lipinski definition) is 3. The van der Waals surface area contributed by atoms with Crippen molar-refractivity contribution >= 4 is 18.3 Å². The number of ether oxygens (including phenoxy) is 1. The summed E-state index contributed by atoms with van der Waals surface area (Å²) < 4.78 is 17.9. The fourth-order valence-electron chi connectivity index (χ4n) is 1.53. The van der Waals surface area contributed by atoms with E-state index >= 15 is 0 Å². The predicted molar refractivity (Wildman–Crippen MR) is 70.0 cm³/mol. The molecule has 18 heavy (non-hydrogen) atoms. The van der Waals surface area contributed by atoms with Crippen LogP contribution in [0.25, 0.3) is 0 Å². The summed E-state index contributed by atoms with van der Waals surface area (Å²) in [5.74, 6) is -0.523. The van der Waals surface area contributed by atoms with Crippen molar-refractivity contribution in [3.63, 3.8) is 0 Å². The number of likely N-dealkylation sites (N-methyl/N-ethyl adjacent to an activating group) is 1. The summed E-state index contributed by atoms with van der Waals surface area (Å²) in [4.78, 5) is 13.3. The first-order chi connectivity index (χ1) is 8.08. The number of carbonyl (C=O) groups excluding carboxylic acids is 1. The van der Waals surface area contributed by atoms with Gasteiger partial charge in [-0.05, 0) is 17.7 Å². The van der Waals surface area contributed by atoms with E-state index in [-0.39, 0.29) is 30.7 Å². The summed E-state index contributed by atoms with van der Waals surface area (Å²) >= 11 is 0. The van der Waals surface area contributed by atoms with Crippen LogP contribution in [0.15, 0.2) is 24.3 Å². The Morgan fingerprint density at radius 3 is 2.72 bits per heavy atom. The van der Waals surface area contributed by atoms with Gasteiger partial charge in [-0.15, -0.1) is 12.4 Å². The molecule has 4 nitrogen and oxygen atoms in total. The monoisotopic (exact) mass is 276 g/mol. The molecule has 0 aliphatic rings. The molecule has 0 aliphatic heterocycles. The number of halogens is 2. The second-order valence-electron chi connectivity index (χ2n) is 3.78. The van der Waals surface area contributed by atoms with E-state index in [2.05, 4.69) is 0 Å². The molecule has 2 N–H and O–H groups in total. The largest absolute Gasteiger partial charge is 0.370 e. The highest BCUT2D eigenvalue weighted by atomic mass is 35.5. The van der Waals surface area contributed by atoms with E-state index in [1.807, 2.05) is 0 Å². The van der Waals surface area contributed by atoms with Crippen molar-refractivity contribution in [3.8, 4) is 0 Å². The molecule has 6 heteroatoms. The Morgan fingerprint density at radius 1 is 1.56 bits per heavy atom. The zero-order valence-electron chi connectivity index (χ0n) is 10.4. The summed E-state index contributed by atoms with van der Waals surface area (Å²) in [5.41, 5.74) is 6.14. The standard InChI is InChI=1S/C12H17FN2O2.ClH/c1-15(12(16)11(7-14)17-2)8-9-4-3-5-10(13)6-9;/h3-6,11H,7-8,14H2,1-2H3;1H. The highest BCUT2D eigenvalue weighted by molar-refractivity contribution is 5.85. The Bertz CT molecular complexity index is 386. The molecule has 1 atom stereocenters. The molecular weight excluding hydrogens is 259 g/mol. The second-order valence-corrected chi connectivity index (χ2v) is 3.78. The molecule has 1 rings (SSSR count). The van der Waals surface area contributed by atoms with Crippen molar-refractivity contribution in [2.45, 2.75) is 12.6 Å². The van der Waals surface area contributed by atoms with E-state index in [0.29, 0.717) is 6.54 Å². The minimum atomic E-state index is -0.645. The van der Waals surface area contributed by atoms with Crippen LogP contribution in [-0.4, -0.2) is 37.6 Å². The number of benzene rings is 1. The van der Waals surface area contributed by atoms with Crippen LogP contribution in [0.3, 0.4) is 0 Å². The third kappa shape index (κ3) is 4.60. The van der Waals surface area contributed by atoms with E-state index in [1.54, 1.807) is 19.2 Å². The maximum atomic E-state index is 13.0. The minimum Gasteiger partial charge on any atom is -0.370 e. The van der Waals surface area contributed by atoms with Crippen molar-refractivity contribution in [1.82, 2.24) is 4.90 Å². The Labute approximate surface area is 112 Å². The van der Waals surface area contributed by atoms with E-state index in [1.165, 1.54) is 24.1 Å². The number of nitrogens with two attached hydrogens (primary N) is 1. The number of rotatable bonds is 5. The molecule has 0 fully saturated rings. The van der Waals surface area contributed by atoms with Crippen LogP contribution in [0.4, 0.5) is 4.39 Å². The fourth-order valence-corrected chi connectivity index (χ4v) is 1.53. The normalized spacial score (nSPS) is 11.6. The first kappa shape index (κ1) is 16.8. The fraction of sp³-hybridized carbons (Fsp3) is 0.417. The Kier molecular flexibility index (Phi) is 7.50. The van der Waals surface area contributed by atoms with E-state index < -0.39 is 6.10 Å². The molecule has 0 saturated carbocycles. The molecule has 0 heterocycles. The van der Waals surface area contributed by atoms with Crippen LogP contribution in [-0.2, 0) is 16.1 Å². The average molecular weight is 277 g/mol. The zero-order chi connectivity index (χ0) is 12.8. The molecular formula is C12H18ClFN2O2. The van der Waals surface area contributed by atoms with E-state index in [9.17, 15) is 9.18 Å². The molecule has 1 aromatic rings. The number of nitrogens with zero attached hydrogens (tertiary/aromatic N) is 1. The van der Waals surface area contributed by atoms with Crippen LogP contribution < -0.4 is 5.73 Å². The summed E-state index contributed by atoms with van der Waals surface area (Å²) in [7, 11) is 3.07. The van der Waals surface area contributed by atoms with Gasteiger partial charge in [0.15, 0.2) is 0 Å². The summed E-state index contributed by atoms with van der Waals surface area (Å²) in [6.45, 7) is 0.458. The molecule has 1 unspecified atom stereocenters. The van der Waals surface area contributed by atoms with Crippen molar-refractivity contribution in [1.29, 1.82) is 0 Å². The van der Waals surface area contributed by atoms with Gasteiger partial charge in [0, 0.05) is 27.2 Å². The molecule has 1 amide bonds. The lowest BCUT2D eigenvalue weighted by Crippen LogP contribution is -2.41. The lowest BCUT2D eigenvalue weighted by atomic mass is 10.2. The predicted octanol–water partition coefficient (Wildman–Crippen LogP) is 1.18. The van der Waals surface area contributed by atoms with Gasteiger partial charge in [-0.1, -0.05) is 12.1 Å². The molecule has 0 saturated heterocycles. The maximum absolute atomic E-state index is 13.0. The van der Waals surface area contributed by atoms with Crippen molar-refractivity contribution in [2.75, 3.05) is 20.7 Å².